The minimum absolute atomic E-state index is 0.102. The van der Waals surface area contributed by atoms with E-state index in [0.29, 0.717) is 5.92 Å². The zero-order valence-electron chi connectivity index (χ0n) is 9.30. The van der Waals surface area contributed by atoms with E-state index >= 15 is 0 Å². The van der Waals surface area contributed by atoms with Gasteiger partial charge in [-0.3, -0.25) is 0 Å². The van der Waals surface area contributed by atoms with Crippen LogP contribution in [-0.2, 0) is 0 Å². The van der Waals surface area contributed by atoms with Crippen molar-refractivity contribution >= 4 is 0 Å². The Labute approximate surface area is 81.9 Å². The van der Waals surface area contributed by atoms with Gasteiger partial charge in [-0.1, -0.05) is 25.5 Å². The van der Waals surface area contributed by atoms with Gasteiger partial charge in [0.05, 0.1) is 6.10 Å². The second-order valence-corrected chi connectivity index (χ2v) is 5.29. The van der Waals surface area contributed by atoms with Gasteiger partial charge in [-0.25, -0.2) is 0 Å². The van der Waals surface area contributed by atoms with E-state index in [0.717, 1.165) is 19.3 Å². The molecular weight excluding hydrogens is 160 g/mol. The van der Waals surface area contributed by atoms with Gasteiger partial charge in [0.25, 0.3) is 0 Å². The molecule has 2 atom stereocenters. The van der Waals surface area contributed by atoms with Crippen molar-refractivity contribution in [1.82, 2.24) is 0 Å². The highest BCUT2D eigenvalue weighted by Crippen LogP contribution is 2.39. The summed E-state index contributed by atoms with van der Waals surface area (Å²) in [6.45, 7) is 8.64. The van der Waals surface area contributed by atoms with Crippen molar-refractivity contribution in [2.45, 2.75) is 53.1 Å². The van der Waals surface area contributed by atoms with Crippen LogP contribution < -0.4 is 0 Å². The summed E-state index contributed by atoms with van der Waals surface area (Å²) in [4.78, 5) is 0. The van der Waals surface area contributed by atoms with Crippen LogP contribution in [0.5, 0.6) is 0 Å². The molecule has 1 aliphatic carbocycles. The first-order chi connectivity index (χ1) is 5.92. The number of rotatable bonds is 1. The van der Waals surface area contributed by atoms with Gasteiger partial charge in [-0.15, -0.1) is 0 Å². The van der Waals surface area contributed by atoms with Gasteiger partial charge in [-0.2, -0.15) is 0 Å². The van der Waals surface area contributed by atoms with Crippen LogP contribution in [-0.4, -0.2) is 11.2 Å². The van der Waals surface area contributed by atoms with Gasteiger partial charge in [0.2, 0.25) is 0 Å². The fourth-order valence-corrected chi connectivity index (χ4v) is 2.29. The third kappa shape index (κ3) is 2.84. The molecule has 0 spiro atoms. The molecular formula is C12H22O. The number of aliphatic hydroxyl groups is 1. The van der Waals surface area contributed by atoms with E-state index in [9.17, 15) is 5.11 Å². The van der Waals surface area contributed by atoms with E-state index in [1.807, 2.05) is 0 Å². The molecule has 1 N–H and O–H groups in total. The number of hydrogen-bond acceptors (Lipinski definition) is 1. The number of aliphatic hydroxyl groups excluding tert-OH is 1. The van der Waals surface area contributed by atoms with E-state index in [4.69, 9.17) is 0 Å². The lowest BCUT2D eigenvalue weighted by atomic mass is 9.70. The Kier molecular flexibility index (Phi) is 3.18. The van der Waals surface area contributed by atoms with Crippen molar-refractivity contribution < 1.29 is 5.11 Å². The highest BCUT2D eigenvalue weighted by molar-refractivity contribution is 5.01. The Morgan fingerprint density at radius 1 is 1.31 bits per heavy atom. The lowest BCUT2D eigenvalue weighted by molar-refractivity contribution is 0.000583. The highest BCUT2D eigenvalue weighted by Gasteiger charge is 2.34. The Morgan fingerprint density at radius 3 is 2.38 bits per heavy atom. The van der Waals surface area contributed by atoms with Gasteiger partial charge in [-0.05, 0) is 44.4 Å². The summed E-state index contributed by atoms with van der Waals surface area (Å²) in [5.74, 6) is 0.684. The quantitative estimate of drug-likeness (QED) is 0.618. The monoisotopic (exact) mass is 182 g/mol. The van der Waals surface area contributed by atoms with Crippen LogP contribution in [0, 0.1) is 11.3 Å². The lowest BCUT2D eigenvalue weighted by Crippen LogP contribution is -2.35. The first-order valence-electron chi connectivity index (χ1n) is 5.25. The first kappa shape index (κ1) is 10.8. The van der Waals surface area contributed by atoms with Gasteiger partial charge in [0.15, 0.2) is 0 Å². The molecule has 1 saturated carbocycles. The standard InChI is InChI=1S/C12H22O/c1-9(2)7-10-5-6-11(13)12(3,4)8-10/h7,10-11,13H,5-6,8H2,1-4H3. The Bertz CT molecular complexity index is 199. The van der Waals surface area contributed by atoms with Crippen LogP contribution >= 0.6 is 0 Å². The topological polar surface area (TPSA) is 20.2 Å². The summed E-state index contributed by atoms with van der Waals surface area (Å²) in [5, 5.41) is 9.77. The molecule has 13 heavy (non-hydrogen) atoms. The summed E-state index contributed by atoms with van der Waals surface area (Å²) in [7, 11) is 0. The third-order valence-corrected chi connectivity index (χ3v) is 3.07. The van der Waals surface area contributed by atoms with E-state index in [1.54, 1.807) is 0 Å². The predicted octanol–water partition coefficient (Wildman–Crippen LogP) is 3.14. The lowest BCUT2D eigenvalue weighted by Gasteiger charge is -2.38. The van der Waals surface area contributed by atoms with Crippen LogP contribution in [0.4, 0.5) is 0 Å². The molecule has 0 heterocycles. The SMILES string of the molecule is CC(C)=CC1CCC(O)C(C)(C)C1. The second-order valence-electron chi connectivity index (χ2n) is 5.29. The van der Waals surface area contributed by atoms with E-state index in [2.05, 4.69) is 33.8 Å². The molecule has 0 amide bonds. The van der Waals surface area contributed by atoms with Crippen molar-refractivity contribution in [3.05, 3.63) is 11.6 Å². The maximum absolute atomic E-state index is 9.77. The molecule has 1 aliphatic rings. The Hall–Kier alpha value is -0.300. The average Bonchev–Trinajstić information content (AvgIpc) is 1.95. The van der Waals surface area contributed by atoms with Crippen LogP contribution in [0.25, 0.3) is 0 Å². The molecule has 0 aliphatic heterocycles. The molecule has 0 radical (unpaired) electrons. The second kappa shape index (κ2) is 3.83. The van der Waals surface area contributed by atoms with Crippen molar-refractivity contribution in [3.63, 3.8) is 0 Å². The molecule has 1 heteroatoms. The number of allylic oxidation sites excluding steroid dienone is 2. The molecule has 2 unspecified atom stereocenters. The zero-order chi connectivity index (χ0) is 10.1. The van der Waals surface area contributed by atoms with E-state index < -0.39 is 0 Å². The van der Waals surface area contributed by atoms with Crippen molar-refractivity contribution in [2.75, 3.05) is 0 Å². The molecule has 0 aromatic carbocycles. The molecule has 1 fully saturated rings. The summed E-state index contributed by atoms with van der Waals surface area (Å²) in [6, 6.07) is 0. The highest BCUT2D eigenvalue weighted by atomic mass is 16.3. The van der Waals surface area contributed by atoms with Crippen LogP contribution in [0.3, 0.4) is 0 Å². The molecule has 1 nitrogen and oxygen atoms in total. The molecule has 1 rings (SSSR count). The van der Waals surface area contributed by atoms with Crippen LogP contribution in [0.1, 0.15) is 47.0 Å². The Balaban J connectivity index is 2.61. The minimum atomic E-state index is -0.102. The molecule has 0 aromatic rings. The predicted molar refractivity (Wildman–Crippen MR) is 56.6 cm³/mol. The molecule has 0 saturated heterocycles. The third-order valence-electron chi connectivity index (χ3n) is 3.07. The van der Waals surface area contributed by atoms with Gasteiger partial charge in [0.1, 0.15) is 0 Å². The summed E-state index contributed by atoms with van der Waals surface area (Å²) in [5.41, 5.74) is 1.51. The van der Waals surface area contributed by atoms with Gasteiger partial charge < -0.3 is 5.11 Å². The zero-order valence-corrected chi connectivity index (χ0v) is 9.30. The van der Waals surface area contributed by atoms with Gasteiger partial charge in [0, 0.05) is 0 Å². The summed E-state index contributed by atoms with van der Waals surface area (Å²) in [6.07, 6.45) is 5.49. The maximum atomic E-state index is 9.77. The average molecular weight is 182 g/mol. The van der Waals surface area contributed by atoms with Crippen molar-refractivity contribution in [2.24, 2.45) is 11.3 Å². The van der Waals surface area contributed by atoms with Crippen molar-refractivity contribution in [1.29, 1.82) is 0 Å². The molecule has 76 valence electrons. The van der Waals surface area contributed by atoms with E-state index in [1.165, 1.54) is 5.57 Å². The van der Waals surface area contributed by atoms with Crippen molar-refractivity contribution in [3.8, 4) is 0 Å². The molecule has 0 aromatic heterocycles. The Morgan fingerprint density at radius 2 is 1.92 bits per heavy atom. The fraction of sp³-hybridized carbons (Fsp3) is 0.833. The minimum Gasteiger partial charge on any atom is -0.393 e. The summed E-state index contributed by atoms with van der Waals surface area (Å²) >= 11 is 0. The largest absolute Gasteiger partial charge is 0.393 e. The van der Waals surface area contributed by atoms with Crippen LogP contribution in [0.2, 0.25) is 0 Å². The number of hydrogen-bond donors (Lipinski definition) is 1. The first-order valence-corrected chi connectivity index (χ1v) is 5.25. The van der Waals surface area contributed by atoms with Crippen LogP contribution in [0.15, 0.2) is 11.6 Å². The summed E-state index contributed by atoms with van der Waals surface area (Å²) < 4.78 is 0. The molecule has 0 bridgehead atoms. The van der Waals surface area contributed by atoms with Gasteiger partial charge >= 0.3 is 0 Å². The smallest absolute Gasteiger partial charge is 0.0591 e. The fourth-order valence-electron chi connectivity index (χ4n) is 2.29. The maximum Gasteiger partial charge on any atom is 0.0591 e. The normalized spacial score (nSPS) is 32.7. The van der Waals surface area contributed by atoms with E-state index in [-0.39, 0.29) is 11.5 Å².